The van der Waals surface area contributed by atoms with Crippen molar-refractivity contribution < 1.29 is 0 Å². The molecular weight excluding hydrogens is 318 g/mol. The summed E-state index contributed by atoms with van der Waals surface area (Å²) in [4.78, 5) is 0. The first-order valence-electron chi connectivity index (χ1n) is 5.89. The van der Waals surface area contributed by atoms with Crippen LogP contribution >= 0.6 is 39.3 Å². The molecule has 0 aliphatic heterocycles. The summed E-state index contributed by atoms with van der Waals surface area (Å²) in [5, 5.41) is 5.29. The Morgan fingerprint density at radius 3 is 2.94 bits per heavy atom. The average molecular weight is 335 g/mol. The van der Waals surface area contributed by atoms with E-state index >= 15 is 0 Å². The van der Waals surface area contributed by atoms with E-state index in [0.29, 0.717) is 6.04 Å². The summed E-state index contributed by atoms with van der Waals surface area (Å²) in [6, 6.07) is 6.74. The molecule has 1 aliphatic rings. The Kier molecular flexibility index (Phi) is 5.22. The first-order chi connectivity index (χ1) is 8.19. The molecule has 4 heteroatoms. The molecular formula is C13H17BrClNS. The molecule has 1 nitrogen and oxygen atoms in total. The zero-order valence-electron chi connectivity index (χ0n) is 9.88. The molecule has 17 heavy (non-hydrogen) atoms. The van der Waals surface area contributed by atoms with E-state index in [-0.39, 0.29) is 0 Å². The molecule has 0 amide bonds. The van der Waals surface area contributed by atoms with E-state index in [0.717, 1.165) is 21.3 Å². The number of hydrogen-bond acceptors (Lipinski definition) is 2. The highest BCUT2D eigenvalue weighted by atomic mass is 79.9. The second-order valence-electron chi connectivity index (χ2n) is 4.48. The van der Waals surface area contributed by atoms with Gasteiger partial charge >= 0.3 is 0 Å². The first kappa shape index (κ1) is 13.7. The molecule has 1 N–H and O–H groups in total. The third-order valence-corrected chi connectivity index (χ3v) is 5.25. The van der Waals surface area contributed by atoms with Crippen molar-refractivity contribution in [1.82, 2.24) is 5.32 Å². The number of thioether (sulfide) groups is 1. The maximum Gasteiger partial charge on any atom is 0.0462 e. The van der Waals surface area contributed by atoms with Gasteiger partial charge in [-0.25, -0.2) is 0 Å². The van der Waals surface area contributed by atoms with Crippen LogP contribution in [0.25, 0.3) is 0 Å². The van der Waals surface area contributed by atoms with Crippen LogP contribution in [0, 0.1) is 0 Å². The van der Waals surface area contributed by atoms with Crippen molar-refractivity contribution >= 4 is 39.3 Å². The van der Waals surface area contributed by atoms with Crippen LogP contribution in [0.15, 0.2) is 22.7 Å². The van der Waals surface area contributed by atoms with E-state index in [4.69, 9.17) is 11.6 Å². The quantitative estimate of drug-likeness (QED) is 0.871. The summed E-state index contributed by atoms with van der Waals surface area (Å²) in [6.45, 7) is 0.873. The van der Waals surface area contributed by atoms with Gasteiger partial charge < -0.3 is 5.32 Å². The van der Waals surface area contributed by atoms with Gasteiger partial charge in [0, 0.05) is 27.3 Å². The minimum Gasteiger partial charge on any atom is -0.310 e. The molecule has 0 spiro atoms. The molecule has 0 saturated heterocycles. The first-order valence-corrected chi connectivity index (χ1v) is 8.35. The average Bonchev–Trinajstić information content (AvgIpc) is 2.76. The lowest BCUT2D eigenvalue weighted by Gasteiger charge is -2.13. The summed E-state index contributed by atoms with van der Waals surface area (Å²) in [5.41, 5.74) is 1.18. The van der Waals surface area contributed by atoms with Gasteiger partial charge in [-0.2, -0.15) is 11.8 Å². The van der Waals surface area contributed by atoms with E-state index in [1.54, 1.807) is 0 Å². The van der Waals surface area contributed by atoms with E-state index < -0.39 is 0 Å². The summed E-state index contributed by atoms with van der Waals surface area (Å²) in [5.74, 6) is 0. The fourth-order valence-electron chi connectivity index (χ4n) is 2.26. The topological polar surface area (TPSA) is 12.0 Å². The van der Waals surface area contributed by atoms with Crippen molar-refractivity contribution in [1.29, 1.82) is 0 Å². The number of hydrogen-bond donors (Lipinski definition) is 1. The van der Waals surface area contributed by atoms with Crippen LogP contribution in [-0.4, -0.2) is 17.5 Å². The fourth-order valence-corrected chi connectivity index (χ4v) is 3.80. The molecule has 94 valence electrons. The lowest BCUT2D eigenvalue weighted by Crippen LogP contribution is -2.26. The predicted molar refractivity (Wildman–Crippen MR) is 80.9 cm³/mol. The van der Waals surface area contributed by atoms with E-state index in [1.807, 2.05) is 23.9 Å². The van der Waals surface area contributed by atoms with Crippen molar-refractivity contribution in [3.05, 3.63) is 33.3 Å². The van der Waals surface area contributed by atoms with E-state index in [9.17, 15) is 0 Å². The van der Waals surface area contributed by atoms with Gasteiger partial charge in [0.1, 0.15) is 0 Å². The highest BCUT2D eigenvalue weighted by Gasteiger charge is 2.23. The van der Waals surface area contributed by atoms with Gasteiger partial charge in [-0.1, -0.05) is 33.6 Å². The minimum atomic E-state index is 0.659. The maximum absolute atomic E-state index is 6.20. The normalized spacial score (nSPS) is 24.2. The van der Waals surface area contributed by atoms with Crippen LogP contribution in [0.5, 0.6) is 0 Å². The minimum absolute atomic E-state index is 0.659. The fraction of sp³-hybridized carbons (Fsp3) is 0.538. The Bertz CT molecular complexity index is 386. The molecule has 2 unspecified atom stereocenters. The van der Waals surface area contributed by atoms with Crippen molar-refractivity contribution in [2.75, 3.05) is 6.26 Å². The molecule has 1 saturated carbocycles. The van der Waals surface area contributed by atoms with Crippen molar-refractivity contribution in [3.63, 3.8) is 0 Å². The molecule has 1 aromatic carbocycles. The van der Waals surface area contributed by atoms with Gasteiger partial charge in [-0.15, -0.1) is 0 Å². The van der Waals surface area contributed by atoms with Gasteiger partial charge in [0.05, 0.1) is 0 Å². The van der Waals surface area contributed by atoms with Crippen LogP contribution in [-0.2, 0) is 6.54 Å². The largest absolute Gasteiger partial charge is 0.310 e. The van der Waals surface area contributed by atoms with Crippen LogP contribution < -0.4 is 5.32 Å². The smallest absolute Gasteiger partial charge is 0.0462 e. The van der Waals surface area contributed by atoms with Crippen molar-refractivity contribution in [2.45, 2.75) is 37.1 Å². The Morgan fingerprint density at radius 1 is 1.47 bits per heavy atom. The Morgan fingerprint density at radius 2 is 2.29 bits per heavy atom. The summed E-state index contributed by atoms with van der Waals surface area (Å²) < 4.78 is 1.04. The molecule has 0 heterocycles. The number of halogens is 2. The van der Waals surface area contributed by atoms with Gasteiger partial charge in [-0.3, -0.25) is 0 Å². The Labute approximate surface area is 121 Å². The maximum atomic E-state index is 6.20. The summed E-state index contributed by atoms with van der Waals surface area (Å²) >= 11 is 11.6. The van der Waals surface area contributed by atoms with Crippen LogP contribution in [0.1, 0.15) is 24.8 Å². The highest BCUT2D eigenvalue weighted by Crippen LogP contribution is 2.29. The number of benzene rings is 1. The summed E-state index contributed by atoms with van der Waals surface area (Å²) in [6.07, 6.45) is 6.13. The molecule has 0 radical (unpaired) electrons. The van der Waals surface area contributed by atoms with E-state index in [1.165, 1.54) is 24.8 Å². The monoisotopic (exact) mass is 333 g/mol. The standard InChI is InChI=1S/C13H17BrClNS/c1-17-12-5-4-11(7-12)16-8-9-2-3-10(14)6-13(9)15/h2-3,6,11-12,16H,4-5,7-8H2,1H3. The zero-order valence-corrected chi connectivity index (χ0v) is 13.0. The van der Waals surface area contributed by atoms with Gasteiger partial charge in [0.25, 0.3) is 0 Å². The number of rotatable bonds is 4. The third kappa shape index (κ3) is 3.88. The highest BCUT2D eigenvalue weighted by molar-refractivity contribution is 9.10. The molecule has 0 aromatic heterocycles. The van der Waals surface area contributed by atoms with Gasteiger partial charge in [0.15, 0.2) is 0 Å². The Balaban J connectivity index is 1.86. The van der Waals surface area contributed by atoms with Crippen LogP contribution in [0.4, 0.5) is 0 Å². The van der Waals surface area contributed by atoms with Crippen molar-refractivity contribution in [3.8, 4) is 0 Å². The zero-order chi connectivity index (χ0) is 12.3. The van der Waals surface area contributed by atoms with Crippen molar-refractivity contribution in [2.24, 2.45) is 0 Å². The van der Waals surface area contributed by atoms with Crippen LogP contribution in [0.2, 0.25) is 5.02 Å². The SMILES string of the molecule is CSC1CCC(NCc2ccc(Br)cc2Cl)C1. The Hall–Kier alpha value is 0.300. The second kappa shape index (κ2) is 6.46. The molecule has 1 aliphatic carbocycles. The molecule has 2 atom stereocenters. The second-order valence-corrected chi connectivity index (χ2v) is 6.95. The lowest BCUT2D eigenvalue weighted by molar-refractivity contribution is 0.525. The summed E-state index contributed by atoms with van der Waals surface area (Å²) in [7, 11) is 0. The lowest BCUT2D eigenvalue weighted by atomic mass is 10.2. The molecule has 1 fully saturated rings. The molecule has 1 aromatic rings. The third-order valence-electron chi connectivity index (χ3n) is 3.31. The molecule has 0 bridgehead atoms. The van der Waals surface area contributed by atoms with Gasteiger partial charge in [-0.05, 0) is 43.2 Å². The van der Waals surface area contributed by atoms with E-state index in [2.05, 4.69) is 33.6 Å². The number of nitrogens with one attached hydrogen (secondary N) is 1. The van der Waals surface area contributed by atoms with Crippen LogP contribution in [0.3, 0.4) is 0 Å². The predicted octanol–water partition coefficient (Wildman–Crippen LogP) is 4.48. The van der Waals surface area contributed by atoms with Gasteiger partial charge in [0.2, 0.25) is 0 Å². The molecule has 2 rings (SSSR count).